The quantitative estimate of drug-likeness (QED) is 0.872. The summed E-state index contributed by atoms with van der Waals surface area (Å²) < 4.78 is 0. The van der Waals surface area contributed by atoms with Crippen molar-refractivity contribution in [2.24, 2.45) is 5.92 Å². The Morgan fingerprint density at radius 2 is 2.00 bits per heavy atom. The van der Waals surface area contributed by atoms with Crippen LogP contribution in [-0.4, -0.2) is 41.0 Å². The molecule has 1 aliphatic rings. The molecule has 1 aliphatic heterocycles. The van der Waals surface area contributed by atoms with E-state index in [4.69, 9.17) is 5.11 Å². The van der Waals surface area contributed by atoms with E-state index in [1.807, 2.05) is 49.9 Å². The highest BCUT2D eigenvalue weighted by atomic mass is 16.4. The van der Waals surface area contributed by atoms with Gasteiger partial charge in [0.25, 0.3) is 0 Å². The fraction of sp³-hybridized carbons (Fsp3) is 0.529. The molecule has 1 amide bonds. The fourth-order valence-electron chi connectivity index (χ4n) is 2.99. The molecule has 2 N–H and O–H groups in total. The second-order valence-corrected chi connectivity index (χ2v) is 6.08. The Morgan fingerprint density at radius 1 is 1.32 bits per heavy atom. The minimum absolute atomic E-state index is 0.0539. The number of nitrogens with one attached hydrogen (secondary N) is 1. The van der Waals surface area contributed by atoms with Crippen molar-refractivity contribution in [2.75, 3.05) is 13.1 Å². The molecule has 1 fully saturated rings. The minimum Gasteiger partial charge on any atom is -0.481 e. The molecule has 3 atom stereocenters. The van der Waals surface area contributed by atoms with Crippen LogP contribution in [0.1, 0.15) is 37.4 Å². The first-order valence-corrected chi connectivity index (χ1v) is 7.73. The number of hydrogen-bond acceptors (Lipinski definition) is 3. The Labute approximate surface area is 131 Å². The molecule has 5 heteroatoms. The predicted octanol–water partition coefficient (Wildman–Crippen LogP) is 1.97. The van der Waals surface area contributed by atoms with Crippen LogP contribution in [0.4, 0.5) is 0 Å². The van der Waals surface area contributed by atoms with Crippen molar-refractivity contribution in [3.63, 3.8) is 0 Å². The lowest BCUT2D eigenvalue weighted by Crippen LogP contribution is -2.45. The average molecular weight is 304 g/mol. The molecule has 0 aromatic heterocycles. The van der Waals surface area contributed by atoms with E-state index < -0.39 is 5.97 Å². The zero-order valence-corrected chi connectivity index (χ0v) is 13.4. The van der Waals surface area contributed by atoms with Crippen molar-refractivity contribution >= 4 is 11.9 Å². The van der Waals surface area contributed by atoms with Gasteiger partial charge in [-0.25, -0.2) is 0 Å². The summed E-state index contributed by atoms with van der Waals surface area (Å²) in [6.07, 6.45) is 0.611. The maximum absolute atomic E-state index is 12.4. The monoisotopic (exact) mass is 304 g/mol. The smallest absolute Gasteiger partial charge is 0.307 e. The van der Waals surface area contributed by atoms with E-state index in [9.17, 15) is 9.59 Å². The molecule has 22 heavy (non-hydrogen) atoms. The number of likely N-dealkylation sites (tertiary alicyclic amines) is 1. The number of benzene rings is 1. The molecule has 1 aromatic rings. The second-order valence-electron chi connectivity index (χ2n) is 6.08. The normalized spacial score (nSPS) is 21.3. The Hall–Kier alpha value is -1.88. The molecule has 2 rings (SSSR count). The largest absolute Gasteiger partial charge is 0.481 e. The van der Waals surface area contributed by atoms with E-state index in [-0.39, 0.29) is 23.9 Å². The molecular weight excluding hydrogens is 280 g/mol. The second kappa shape index (κ2) is 6.92. The molecule has 120 valence electrons. The lowest BCUT2D eigenvalue weighted by atomic mass is 10.0. The highest BCUT2D eigenvalue weighted by Gasteiger charge is 2.33. The van der Waals surface area contributed by atoms with E-state index >= 15 is 0 Å². The molecule has 0 saturated carbocycles. The van der Waals surface area contributed by atoms with Gasteiger partial charge in [0.05, 0.1) is 18.0 Å². The molecule has 1 aromatic carbocycles. The summed E-state index contributed by atoms with van der Waals surface area (Å²) in [5.74, 6) is -1.19. The van der Waals surface area contributed by atoms with Gasteiger partial charge in [-0.2, -0.15) is 0 Å². The van der Waals surface area contributed by atoms with Crippen LogP contribution >= 0.6 is 0 Å². The Balaban J connectivity index is 1.94. The Kier molecular flexibility index (Phi) is 5.19. The first-order chi connectivity index (χ1) is 10.4. The van der Waals surface area contributed by atoms with E-state index in [0.717, 1.165) is 11.1 Å². The van der Waals surface area contributed by atoms with Gasteiger partial charge in [-0.15, -0.1) is 0 Å². The van der Waals surface area contributed by atoms with Crippen LogP contribution in [0.15, 0.2) is 24.3 Å². The van der Waals surface area contributed by atoms with Crippen molar-refractivity contribution < 1.29 is 14.7 Å². The third-order valence-electron chi connectivity index (χ3n) is 4.51. The number of carbonyl (C=O) groups is 2. The van der Waals surface area contributed by atoms with Gasteiger partial charge in [-0.05, 0) is 44.9 Å². The van der Waals surface area contributed by atoms with Crippen LogP contribution in [0.3, 0.4) is 0 Å². The summed E-state index contributed by atoms with van der Waals surface area (Å²) in [7, 11) is 0. The number of carboxylic acid groups (broad SMARTS) is 1. The van der Waals surface area contributed by atoms with Crippen molar-refractivity contribution in [1.82, 2.24) is 10.2 Å². The zero-order valence-electron chi connectivity index (χ0n) is 13.4. The minimum atomic E-state index is -0.775. The first-order valence-electron chi connectivity index (χ1n) is 7.73. The number of carboxylic acids is 1. The topological polar surface area (TPSA) is 69.6 Å². The summed E-state index contributed by atoms with van der Waals surface area (Å²) in [5, 5.41) is 12.1. The average Bonchev–Trinajstić information content (AvgIpc) is 2.96. The van der Waals surface area contributed by atoms with Gasteiger partial charge in [-0.1, -0.05) is 24.3 Å². The SMILES string of the molecule is Cc1ccccc1C(C)NC(=O)C(C)N1CCC(C(=O)O)C1. The maximum Gasteiger partial charge on any atom is 0.307 e. The maximum atomic E-state index is 12.4. The molecule has 0 aliphatic carbocycles. The van der Waals surface area contributed by atoms with Gasteiger partial charge in [0.1, 0.15) is 0 Å². The zero-order chi connectivity index (χ0) is 16.3. The number of aryl methyl sites for hydroxylation is 1. The number of carbonyl (C=O) groups excluding carboxylic acids is 1. The Morgan fingerprint density at radius 3 is 2.59 bits per heavy atom. The van der Waals surface area contributed by atoms with Crippen molar-refractivity contribution in [3.8, 4) is 0 Å². The Bertz CT molecular complexity index is 559. The van der Waals surface area contributed by atoms with Crippen LogP contribution < -0.4 is 5.32 Å². The highest BCUT2D eigenvalue weighted by molar-refractivity contribution is 5.82. The van der Waals surface area contributed by atoms with Gasteiger partial charge in [0.2, 0.25) is 5.91 Å². The first kappa shape index (κ1) is 16.5. The van der Waals surface area contributed by atoms with Gasteiger partial charge in [0, 0.05) is 6.54 Å². The van der Waals surface area contributed by atoms with Gasteiger partial charge < -0.3 is 10.4 Å². The van der Waals surface area contributed by atoms with E-state index in [1.165, 1.54) is 0 Å². The summed E-state index contributed by atoms with van der Waals surface area (Å²) in [6, 6.07) is 7.61. The molecule has 3 unspecified atom stereocenters. The number of nitrogens with zero attached hydrogens (tertiary/aromatic N) is 1. The van der Waals surface area contributed by atoms with E-state index in [2.05, 4.69) is 5.32 Å². The number of hydrogen-bond donors (Lipinski definition) is 2. The standard InChI is InChI=1S/C17H24N2O3/c1-11-6-4-5-7-15(11)12(2)18-16(20)13(3)19-9-8-14(10-19)17(21)22/h4-7,12-14H,8-10H2,1-3H3,(H,18,20)(H,21,22). The van der Waals surface area contributed by atoms with Crippen molar-refractivity contribution in [1.29, 1.82) is 0 Å². The molecule has 5 nitrogen and oxygen atoms in total. The van der Waals surface area contributed by atoms with Crippen LogP contribution in [0.25, 0.3) is 0 Å². The number of rotatable bonds is 5. The van der Waals surface area contributed by atoms with Crippen molar-refractivity contribution in [3.05, 3.63) is 35.4 Å². The van der Waals surface area contributed by atoms with Crippen LogP contribution in [0.2, 0.25) is 0 Å². The molecule has 0 spiro atoms. The van der Waals surface area contributed by atoms with Crippen LogP contribution in [-0.2, 0) is 9.59 Å². The summed E-state index contributed by atoms with van der Waals surface area (Å²) in [6.45, 7) is 6.94. The lowest BCUT2D eigenvalue weighted by Gasteiger charge is -2.25. The number of amides is 1. The van der Waals surface area contributed by atoms with E-state index in [0.29, 0.717) is 19.5 Å². The summed E-state index contributed by atoms with van der Waals surface area (Å²) in [4.78, 5) is 25.4. The van der Waals surface area contributed by atoms with Gasteiger partial charge in [0.15, 0.2) is 0 Å². The van der Waals surface area contributed by atoms with Gasteiger partial charge in [-0.3, -0.25) is 14.5 Å². The lowest BCUT2D eigenvalue weighted by molar-refractivity contribution is -0.141. The van der Waals surface area contributed by atoms with E-state index in [1.54, 1.807) is 0 Å². The van der Waals surface area contributed by atoms with Gasteiger partial charge >= 0.3 is 5.97 Å². The fourth-order valence-corrected chi connectivity index (χ4v) is 2.99. The third-order valence-corrected chi connectivity index (χ3v) is 4.51. The third kappa shape index (κ3) is 3.65. The van der Waals surface area contributed by atoms with Crippen molar-refractivity contribution in [2.45, 2.75) is 39.3 Å². The predicted molar refractivity (Wildman–Crippen MR) is 84.5 cm³/mol. The molecule has 0 bridgehead atoms. The van der Waals surface area contributed by atoms with Crippen LogP contribution in [0, 0.1) is 12.8 Å². The van der Waals surface area contributed by atoms with Crippen LogP contribution in [0.5, 0.6) is 0 Å². The summed E-state index contributed by atoms with van der Waals surface area (Å²) in [5.41, 5.74) is 2.25. The summed E-state index contributed by atoms with van der Waals surface area (Å²) >= 11 is 0. The molecule has 1 saturated heterocycles. The molecule has 0 radical (unpaired) electrons. The number of aliphatic carboxylic acids is 1. The molecule has 1 heterocycles. The molecular formula is C17H24N2O3. The highest BCUT2D eigenvalue weighted by Crippen LogP contribution is 2.20.